The standard InChI is InChI=1S/C18H20N4O3S2/c1-25-10-13-3-2-7-22(13)18-15-5-4-14(9-16(15)20-12-21-18)27(23,24)11-17-19-6-8-26-17/h4-6,8-9,12-13H,2-3,7,10-11H2,1H3/t13-/m1/s1. The predicted molar refractivity (Wildman–Crippen MR) is 105 cm³/mol. The molecule has 3 heterocycles. The molecule has 0 N–H and O–H groups in total. The van der Waals surface area contributed by atoms with Crippen molar-refractivity contribution in [2.24, 2.45) is 0 Å². The summed E-state index contributed by atoms with van der Waals surface area (Å²) in [5.74, 6) is 0.735. The summed E-state index contributed by atoms with van der Waals surface area (Å²) in [5.41, 5.74) is 0.628. The molecule has 1 aliphatic rings. The van der Waals surface area contributed by atoms with Crippen LogP contribution < -0.4 is 4.90 Å². The van der Waals surface area contributed by atoms with Gasteiger partial charge in [-0.15, -0.1) is 11.3 Å². The van der Waals surface area contributed by atoms with Crippen molar-refractivity contribution in [3.63, 3.8) is 0 Å². The van der Waals surface area contributed by atoms with Gasteiger partial charge in [-0.25, -0.2) is 23.4 Å². The van der Waals surface area contributed by atoms with Gasteiger partial charge in [0.15, 0.2) is 9.84 Å². The van der Waals surface area contributed by atoms with Crippen molar-refractivity contribution in [2.75, 3.05) is 25.2 Å². The zero-order valence-corrected chi connectivity index (χ0v) is 16.5. The van der Waals surface area contributed by atoms with Crippen LogP contribution in [0.15, 0.2) is 41.0 Å². The number of methoxy groups -OCH3 is 1. The molecule has 142 valence electrons. The highest BCUT2D eigenvalue weighted by Crippen LogP contribution is 2.31. The van der Waals surface area contributed by atoms with Gasteiger partial charge < -0.3 is 9.64 Å². The van der Waals surface area contributed by atoms with E-state index >= 15 is 0 Å². The highest BCUT2D eigenvalue weighted by atomic mass is 32.2. The Balaban J connectivity index is 1.70. The second-order valence-electron chi connectivity index (χ2n) is 6.51. The molecule has 0 unspecified atom stereocenters. The lowest BCUT2D eigenvalue weighted by Crippen LogP contribution is -2.33. The van der Waals surface area contributed by atoms with Crippen LogP contribution in [0.5, 0.6) is 0 Å². The summed E-state index contributed by atoms with van der Waals surface area (Å²) in [6.07, 6.45) is 5.25. The third-order valence-corrected chi connectivity index (χ3v) is 7.34. The van der Waals surface area contributed by atoms with E-state index in [0.717, 1.165) is 30.6 Å². The first-order chi connectivity index (χ1) is 13.1. The third kappa shape index (κ3) is 3.67. The van der Waals surface area contributed by atoms with E-state index in [1.807, 2.05) is 6.07 Å². The second-order valence-corrected chi connectivity index (χ2v) is 9.47. The lowest BCUT2D eigenvalue weighted by atomic mass is 10.2. The van der Waals surface area contributed by atoms with Crippen LogP contribution in [-0.2, 0) is 20.3 Å². The number of fused-ring (bicyclic) bond motifs is 1. The molecule has 1 aliphatic heterocycles. The molecule has 7 nitrogen and oxygen atoms in total. The summed E-state index contributed by atoms with van der Waals surface area (Å²) in [6.45, 7) is 1.55. The molecule has 1 saturated heterocycles. The lowest BCUT2D eigenvalue weighted by molar-refractivity contribution is 0.180. The second kappa shape index (κ2) is 7.49. The maximum absolute atomic E-state index is 12.7. The molecule has 0 aliphatic carbocycles. The van der Waals surface area contributed by atoms with Crippen molar-refractivity contribution in [1.82, 2.24) is 15.0 Å². The first-order valence-electron chi connectivity index (χ1n) is 8.70. The van der Waals surface area contributed by atoms with Crippen LogP contribution >= 0.6 is 11.3 Å². The molecule has 27 heavy (non-hydrogen) atoms. The average molecular weight is 405 g/mol. The molecule has 0 bridgehead atoms. The van der Waals surface area contributed by atoms with Crippen molar-refractivity contribution < 1.29 is 13.2 Å². The summed E-state index contributed by atoms with van der Waals surface area (Å²) in [6, 6.07) is 5.35. The normalized spacial score (nSPS) is 17.7. The number of benzene rings is 1. The predicted octanol–water partition coefficient (Wildman–Crippen LogP) is 2.68. The molecule has 0 saturated carbocycles. The minimum Gasteiger partial charge on any atom is -0.383 e. The van der Waals surface area contributed by atoms with Gasteiger partial charge in [-0.05, 0) is 31.0 Å². The molecular formula is C18H20N4O3S2. The zero-order valence-electron chi connectivity index (χ0n) is 14.9. The number of sulfone groups is 1. The summed E-state index contributed by atoms with van der Waals surface area (Å²) in [7, 11) is -1.77. The third-order valence-electron chi connectivity index (χ3n) is 4.75. The number of thiazole rings is 1. The molecule has 9 heteroatoms. The Morgan fingerprint density at radius 3 is 2.96 bits per heavy atom. The minimum atomic E-state index is -3.47. The summed E-state index contributed by atoms with van der Waals surface area (Å²) in [5, 5.41) is 3.21. The van der Waals surface area contributed by atoms with Gasteiger partial charge in [0.25, 0.3) is 0 Å². The lowest BCUT2D eigenvalue weighted by Gasteiger charge is -2.26. The van der Waals surface area contributed by atoms with Crippen molar-refractivity contribution in [3.05, 3.63) is 41.1 Å². The van der Waals surface area contributed by atoms with Gasteiger partial charge in [0.2, 0.25) is 0 Å². The maximum atomic E-state index is 12.7. The van der Waals surface area contributed by atoms with Crippen LogP contribution in [0.3, 0.4) is 0 Å². The quantitative estimate of drug-likeness (QED) is 0.624. The van der Waals surface area contributed by atoms with E-state index in [2.05, 4.69) is 19.9 Å². The van der Waals surface area contributed by atoms with Gasteiger partial charge in [-0.3, -0.25) is 0 Å². The Morgan fingerprint density at radius 2 is 2.19 bits per heavy atom. The van der Waals surface area contributed by atoms with Crippen molar-refractivity contribution >= 4 is 37.9 Å². The SMILES string of the molecule is COC[C@H]1CCCN1c1ncnc2cc(S(=O)(=O)Cc3nccs3)ccc12. The molecule has 0 radical (unpaired) electrons. The highest BCUT2D eigenvalue weighted by molar-refractivity contribution is 7.90. The Hall–Kier alpha value is -2.10. The summed E-state index contributed by atoms with van der Waals surface area (Å²) < 4.78 is 30.8. The number of anilines is 1. The highest BCUT2D eigenvalue weighted by Gasteiger charge is 2.27. The number of rotatable bonds is 6. The van der Waals surface area contributed by atoms with Crippen LogP contribution in [-0.4, -0.2) is 49.7 Å². The zero-order chi connectivity index (χ0) is 18.9. The molecule has 1 aromatic carbocycles. The van der Waals surface area contributed by atoms with Gasteiger partial charge in [-0.2, -0.15) is 0 Å². The first-order valence-corrected chi connectivity index (χ1v) is 11.2. The van der Waals surface area contributed by atoms with Gasteiger partial charge in [-0.1, -0.05) is 0 Å². The van der Waals surface area contributed by atoms with Crippen LogP contribution in [0, 0.1) is 0 Å². The smallest absolute Gasteiger partial charge is 0.184 e. The van der Waals surface area contributed by atoms with Crippen LogP contribution in [0.4, 0.5) is 5.82 Å². The fraction of sp³-hybridized carbons (Fsp3) is 0.389. The van der Waals surface area contributed by atoms with Crippen LogP contribution in [0.25, 0.3) is 10.9 Å². The molecule has 1 atom stereocenters. The van der Waals surface area contributed by atoms with E-state index in [-0.39, 0.29) is 16.7 Å². The fourth-order valence-electron chi connectivity index (χ4n) is 3.50. The molecule has 3 aromatic rings. The van der Waals surface area contributed by atoms with Crippen LogP contribution in [0.1, 0.15) is 17.8 Å². The monoisotopic (exact) mass is 404 g/mol. The first kappa shape index (κ1) is 18.3. The van der Waals surface area contributed by atoms with E-state index in [1.54, 1.807) is 30.8 Å². The fourth-order valence-corrected chi connectivity index (χ4v) is 5.77. The van der Waals surface area contributed by atoms with Crippen LogP contribution in [0.2, 0.25) is 0 Å². The summed E-state index contributed by atoms with van der Waals surface area (Å²) in [4.78, 5) is 15.3. The Bertz CT molecular complexity index is 1040. The summed E-state index contributed by atoms with van der Waals surface area (Å²) >= 11 is 1.34. The number of ether oxygens (including phenoxy) is 1. The van der Waals surface area contributed by atoms with Gasteiger partial charge >= 0.3 is 0 Å². The van der Waals surface area contributed by atoms with Gasteiger partial charge in [0, 0.05) is 30.6 Å². The van der Waals surface area contributed by atoms with E-state index in [9.17, 15) is 8.42 Å². The number of nitrogens with zero attached hydrogens (tertiary/aromatic N) is 4. The van der Waals surface area contributed by atoms with Gasteiger partial charge in [0.1, 0.15) is 22.9 Å². The Labute approximate surface area is 162 Å². The van der Waals surface area contributed by atoms with Crippen molar-refractivity contribution in [2.45, 2.75) is 29.5 Å². The molecule has 4 rings (SSSR count). The number of hydrogen-bond acceptors (Lipinski definition) is 8. The Morgan fingerprint density at radius 1 is 1.30 bits per heavy atom. The van der Waals surface area contributed by atoms with E-state index < -0.39 is 9.84 Å². The maximum Gasteiger partial charge on any atom is 0.184 e. The van der Waals surface area contributed by atoms with Gasteiger partial charge in [0.05, 0.1) is 23.1 Å². The number of hydrogen-bond donors (Lipinski definition) is 0. The minimum absolute atomic E-state index is 0.101. The molecule has 0 amide bonds. The van der Waals surface area contributed by atoms with E-state index in [1.165, 1.54) is 17.7 Å². The average Bonchev–Trinajstić information content (AvgIpc) is 3.33. The Kier molecular flexibility index (Phi) is 5.07. The molecule has 1 fully saturated rings. The molecular weight excluding hydrogens is 384 g/mol. The number of aromatic nitrogens is 3. The van der Waals surface area contributed by atoms with Crippen molar-refractivity contribution in [1.29, 1.82) is 0 Å². The van der Waals surface area contributed by atoms with Crippen molar-refractivity contribution in [3.8, 4) is 0 Å². The largest absolute Gasteiger partial charge is 0.383 e. The topological polar surface area (TPSA) is 85.3 Å². The van der Waals surface area contributed by atoms with E-state index in [4.69, 9.17) is 4.74 Å². The molecule has 2 aromatic heterocycles. The molecule has 0 spiro atoms. The van der Waals surface area contributed by atoms with E-state index in [0.29, 0.717) is 17.1 Å².